The number of imidazole rings is 1. The van der Waals surface area contributed by atoms with Gasteiger partial charge in [-0.25, -0.2) is 9.97 Å². The highest BCUT2D eigenvalue weighted by Gasteiger charge is 2.17. The second kappa shape index (κ2) is 5.22. The van der Waals surface area contributed by atoms with Gasteiger partial charge in [-0.15, -0.1) is 11.6 Å². The highest BCUT2D eigenvalue weighted by atomic mass is 79.9. The largest absolute Gasteiger partial charge is 0.464 e. The molecule has 0 amide bonds. The summed E-state index contributed by atoms with van der Waals surface area (Å²) in [4.78, 5) is 9.01. The lowest BCUT2D eigenvalue weighted by Gasteiger charge is -2.08. The van der Waals surface area contributed by atoms with Crippen LogP contribution in [0, 0.1) is 6.92 Å². The van der Waals surface area contributed by atoms with Crippen molar-refractivity contribution in [1.82, 2.24) is 14.5 Å². The Labute approximate surface area is 129 Å². The summed E-state index contributed by atoms with van der Waals surface area (Å²) in [6.07, 6.45) is 1.76. The van der Waals surface area contributed by atoms with E-state index >= 15 is 0 Å². The number of pyridine rings is 1. The summed E-state index contributed by atoms with van der Waals surface area (Å²) in [7, 11) is 0. The molecule has 20 heavy (non-hydrogen) atoms. The average molecular weight is 355 g/mol. The zero-order valence-electron chi connectivity index (χ0n) is 11.1. The second-order valence-electron chi connectivity index (χ2n) is 4.68. The van der Waals surface area contributed by atoms with E-state index in [0.29, 0.717) is 6.54 Å². The highest BCUT2D eigenvalue weighted by Crippen LogP contribution is 2.26. The molecule has 0 radical (unpaired) electrons. The number of fused-ring (bicyclic) bond motifs is 1. The number of hydrogen-bond donors (Lipinski definition) is 0. The number of rotatable bonds is 3. The van der Waals surface area contributed by atoms with E-state index in [2.05, 4.69) is 25.9 Å². The van der Waals surface area contributed by atoms with E-state index in [1.54, 1.807) is 6.20 Å². The minimum Gasteiger partial charge on any atom is -0.464 e. The van der Waals surface area contributed by atoms with Crippen LogP contribution in [0.25, 0.3) is 11.2 Å². The number of halogens is 2. The van der Waals surface area contributed by atoms with Gasteiger partial charge >= 0.3 is 0 Å². The number of hydrogen-bond acceptors (Lipinski definition) is 3. The zero-order valence-corrected chi connectivity index (χ0v) is 13.4. The Morgan fingerprint density at radius 3 is 2.90 bits per heavy atom. The van der Waals surface area contributed by atoms with Crippen LogP contribution in [-0.2, 0) is 6.54 Å². The van der Waals surface area contributed by atoms with Crippen LogP contribution in [-0.4, -0.2) is 14.5 Å². The van der Waals surface area contributed by atoms with Crippen LogP contribution >= 0.6 is 27.5 Å². The number of nitrogens with zero attached hydrogens (tertiary/aromatic N) is 3. The zero-order chi connectivity index (χ0) is 14.3. The van der Waals surface area contributed by atoms with E-state index in [9.17, 15) is 0 Å². The number of furan rings is 1. The van der Waals surface area contributed by atoms with Gasteiger partial charge in [-0.3, -0.25) is 0 Å². The van der Waals surface area contributed by atoms with Gasteiger partial charge in [-0.05, 0) is 48.0 Å². The molecule has 0 bridgehead atoms. The molecule has 0 aliphatic rings. The summed E-state index contributed by atoms with van der Waals surface area (Å²) < 4.78 is 8.53. The summed E-state index contributed by atoms with van der Waals surface area (Å²) in [6.45, 7) is 4.41. The fourth-order valence-corrected chi connectivity index (χ4v) is 2.68. The third-order valence-electron chi connectivity index (χ3n) is 3.05. The van der Waals surface area contributed by atoms with Crippen molar-refractivity contribution in [3.63, 3.8) is 0 Å². The molecule has 0 fully saturated rings. The second-order valence-corrected chi connectivity index (χ2v) is 6.25. The maximum absolute atomic E-state index is 6.24. The van der Waals surface area contributed by atoms with Crippen LogP contribution in [0.4, 0.5) is 0 Å². The molecule has 0 N–H and O–H groups in total. The van der Waals surface area contributed by atoms with Gasteiger partial charge in [0.15, 0.2) is 5.65 Å². The molecular formula is C14H13BrClN3O. The van der Waals surface area contributed by atoms with Crippen molar-refractivity contribution in [2.45, 2.75) is 25.8 Å². The van der Waals surface area contributed by atoms with Gasteiger partial charge in [0.1, 0.15) is 22.9 Å². The van der Waals surface area contributed by atoms with E-state index in [-0.39, 0.29) is 5.38 Å². The Bertz CT molecular complexity index is 763. The molecule has 0 saturated carbocycles. The van der Waals surface area contributed by atoms with Crippen molar-refractivity contribution >= 4 is 38.7 Å². The standard InChI is InChI=1S/C14H13BrClN3O/c1-8-3-4-11(20-8)7-19-13(9(2)16)18-12-5-10(15)6-17-14(12)19/h3-6,9H,7H2,1-2H3. The minimum absolute atomic E-state index is 0.195. The molecule has 0 aromatic carbocycles. The molecule has 104 valence electrons. The predicted octanol–water partition coefficient (Wildman–Crippen LogP) is 4.44. The lowest BCUT2D eigenvalue weighted by molar-refractivity contribution is 0.468. The number of aromatic nitrogens is 3. The third kappa shape index (κ3) is 2.47. The first kappa shape index (κ1) is 13.6. The van der Waals surface area contributed by atoms with Gasteiger partial charge in [0.25, 0.3) is 0 Å². The van der Waals surface area contributed by atoms with E-state index in [1.807, 2.05) is 36.6 Å². The maximum atomic E-state index is 6.24. The Hall–Kier alpha value is -1.33. The molecule has 0 aliphatic carbocycles. The van der Waals surface area contributed by atoms with Crippen molar-refractivity contribution in [2.75, 3.05) is 0 Å². The van der Waals surface area contributed by atoms with Crippen LogP contribution < -0.4 is 0 Å². The first-order valence-corrected chi connectivity index (χ1v) is 7.48. The van der Waals surface area contributed by atoms with Crippen LogP contribution in [0.3, 0.4) is 0 Å². The summed E-state index contributed by atoms with van der Waals surface area (Å²) in [5, 5.41) is -0.195. The predicted molar refractivity (Wildman–Crippen MR) is 82.0 cm³/mol. The van der Waals surface area contributed by atoms with Crippen LogP contribution in [0.2, 0.25) is 0 Å². The molecule has 3 heterocycles. The average Bonchev–Trinajstić information content (AvgIpc) is 2.94. The monoisotopic (exact) mass is 353 g/mol. The summed E-state index contributed by atoms with van der Waals surface area (Å²) in [5.41, 5.74) is 1.63. The quantitative estimate of drug-likeness (QED) is 0.653. The molecule has 0 aliphatic heterocycles. The minimum atomic E-state index is -0.195. The van der Waals surface area contributed by atoms with Crippen molar-refractivity contribution < 1.29 is 4.42 Å². The Morgan fingerprint density at radius 2 is 2.25 bits per heavy atom. The van der Waals surface area contributed by atoms with Crippen molar-refractivity contribution in [2.24, 2.45) is 0 Å². The fourth-order valence-electron chi connectivity index (χ4n) is 2.19. The first-order valence-electron chi connectivity index (χ1n) is 6.25. The van der Waals surface area contributed by atoms with E-state index in [1.165, 1.54) is 0 Å². The number of alkyl halides is 1. The van der Waals surface area contributed by atoms with Gasteiger partial charge in [0.05, 0.1) is 11.9 Å². The highest BCUT2D eigenvalue weighted by molar-refractivity contribution is 9.10. The van der Waals surface area contributed by atoms with E-state index < -0.39 is 0 Å². The lowest BCUT2D eigenvalue weighted by Crippen LogP contribution is -2.05. The van der Waals surface area contributed by atoms with Crippen molar-refractivity contribution in [1.29, 1.82) is 0 Å². The molecular weight excluding hydrogens is 342 g/mol. The molecule has 3 rings (SSSR count). The van der Waals surface area contributed by atoms with Crippen molar-refractivity contribution in [3.8, 4) is 0 Å². The summed E-state index contributed by atoms with van der Waals surface area (Å²) >= 11 is 9.65. The van der Waals surface area contributed by atoms with Gasteiger partial charge in [0, 0.05) is 10.7 Å². The first-order chi connectivity index (χ1) is 9.54. The van der Waals surface area contributed by atoms with Gasteiger partial charge < -0.3 is 8.98 Å². The Balaban J connectivity index is 2.13. The maximum Gasteiger partial charge on any atom is 0.160 e. The summed E-state index contributed by atoms with van der Waals surface area (Å²) in [6, 6.07) is 5.85. The molecule has 6 heteroatoms. The smallest absolute Gasteiger partial charge is 0.160 e. The molecule has 1 atom stereocenters. The molecule has 4 nitrogen and oxygen atoms in total. The normalized spacial score (nSPS) is 13.0. The van der Waals surface area contributed by atoms with Gasteiger partial charge in [-0.1, -0.05) is 0 Å². The molecule has 3 aromatic rings. The third-order valence-corrected chi connectivity index (χ3v) is 3.68. The Kier molecular flexibility index (Phi) is 3.56. The topological polar surface area (TPSA) is 43.9 Å². The van der Waals surface area contributed by atoms with Gasteiger partial charge in [-0.2, -0.15) is 0 Å². The van der Waals surface area contributed by atoms with Crippen LogP contribution in [0.5, 0.6) is 0 Å². The molecule has 0 spiro atoms. The SMILES string of the molecule is Cc1ccc(Cn2c(C(C)Cl)nc3cc(Br)cnc32)o1. The lowest BCUT2D eigenvalue weighted by atomic mass is 10.4. The summed E-state index contributed by atoms with van der Waals surface area (Å²) in [5.74, 6) is 2.55. The van der Waals surface area contributed by atoms with Gasteiger partial charge in [0.2, 0.25) is 0 Å². The number of aryl methyl sites for hydroxylation is 1. The van der Waals surface area contributed by atoms with E-state index in [0.717, 1.165) is 33.0 Å². The molecule has 3 aromatic heterocycles. The molecule has 0 saturated heterocycles. The van der Waals surface area contributed by atoms with Crippen LogP contribution in [0.1, 0.15) is 29.6 Å². The van der Waals surface area contributed by atoms with E-state index in [4.69, 9.17) is 16.0 Å². The molecule has 1 unspecified atom stereocenters. The Morgan fingerprint density at radius 1 is 1.45 bits per heavy atom. The van der Waals surface area contributed by atoms with Crippen LogP contribution in [0.15, 0.2) is 33.3 Å². The van der Waals surface area contributed by atoms with Crippen molar-refractivity contribution in [3.05, 3.63) is 46.2 Å². The fraction of sp³-hybridized carbons (Fsp3) is 0.286.